The summed E-state index contributed by atoms with van der Waals surface area (Å²) in [6, 6.07) is 6.48. The second-order valence-corrected chi connectivity index (χ2v) is 7.03. The molecule has 0 aliphatic rings. The molecule has 27 heavy (non-hydrogen) atoms. The lowest BCUT2D eigenvalue weighted by Gasteiger charge is -2.20. The highest BCUT2D eigenvalue weighted by molar-refractivity contribution is 7.97. The fraction of sp³-hybridized carbons (Fsp3) is 0.389. The molecule has 148 valence electrons. The molecular weight excluding hydrogens is 372 g/mol. The van der Waals surface area contributed by atoms with E-state index in [4.69, 9.17) is 9.57 Å². The Morgan fingerprint density at radius 3 is 2.30 bits per heavy atom. The summed E-state index contributed by atoms with van der Waals surface area (Å²) in [6.07, 6.45) is 2.37. The zero-order chi connectivity index (χ0) is 20.6. The normalized spacial score (nSPS) is 11.7. The van der Waals surface area contributed by atoms with Crippen molar-refractivity contribution in [3.63, 3.8) is 0 Å². The van der Waals surface area contributed by atoms with E-state index < -0.39 is 29.1 Å². The lowest BCUT2D eigenvalue weighted by atomic mass is 10.1. The van der Waals surface area contributed by atoms with Crippen molar-refractivity contribution < 1.29 is 29.1 Å². The van der Waals surface area contributed by atoms with E-state index in [9.17, 15) is 19.5 Å². The largest absolute Gasteiger partial charge is 0.503 e. The van der Waals surface area contributed by atoms with Crippen molar-refractivity contribution in [3.8, 4) is 0 Å². The van der Waals surface area contributed by atoms with Gasteiger partial charge in [-0.05, 0) is 38.5 Å². The van der Waals surface area contributed by atoms with Crippen LogP contribution >= 0.6 is 11.9 Å². The number of rotatable bonds is 7. The standard InChI is InChI=1S/C18H24N2O6S/c1-18(2,3)26-17(24)13-8-6-12(7-9-13)11-20(25-4)15(22)10-14(21)16(23)19-27-5/h6-10,21H,11H2,1-5H3,(H,19,23)/b14-10-. The zero-order valence-electron chi connectivity index (χ0n) is 15.9. The Balaban J connectivity index is 2.80. The first-order chi connectivity index (χ1) is 12.6. The van der Waals surface area contributed by atoms with E-state index in [1.807, 2.05) is 0 Å². The summed E-state index contributed by atoms with van der Waals surface area (Å²) in [5, 5.41) is 10.6. The highest BCUT2D eigenvalue weighted by Crippen LogP contribution is 2.14. The minimum Gasteiger partial charge on any atom is -0.503 e. The molecule has 1 rings (SSSR count). The first-order valence-electron chi connectivity index (χ1n) is 7.99. The zero-order valence-corrected chi connectivity index (χ0v) is 16.8. The molecule has 0 aliphatic carbocycles. The molecule has 0 saturated carbocycles. The van der Waals surface area contributed by atoms with Crippen molar-refractivity contribution in [2.75, 3.05) is 13.4 Å². The minimum atomic E-state index is -0.784. The number of ether oxygens (including phenoxy) is 1. The first kappa shape index (κ1) is 22.5. The van der Waals surface area contributed by atoms with Crippen LogP contribution in [0.1, 0.15) is 36.7 Å². The van der Waals surface area contributed by atoms with Crippen LogP contribution in [-0.2, 0) is 25.7 Å². The third-order valence-corrected chi connectivity index (χ3v) is 3.46. The summed E-state index contributed by atoms with van der Waals surface area (Å²) in [4.78, 5) is 40.6. The Kier molecular flexibility index (Phi) is 8.32. The summed E-state index contributed by atoms with van der Waals surface area (Å²) in [5.74, 6) is -2.66. The fourth-order valence-electron chi connectivity index (χ4n) is 1.88. The van der Waals surface area contributed by atoms with Crippen molar-refractivity contribution in [1.29, 1.82) is 0 Å². The highest BCUT2D eigenvalue weighted by atomic mass is 32.2. The predicted octanol–water partition coefficient (Wildman–Crippen LogP) is 2.37. The molecule has 1 aromatic carbocycles. The third-order valence-electron chi connectivity index (χ3n) is 3.07. The molecule has 2 N–H and O–H groups in total. The fourth-order valence-corrected chi connectivity index (χ4v) is 2.17. The number of hydroxylamine groups is 2. The molecule has 0 aromatic heterocycles. The van der Waals surface area contributed by atoms with Crippen LogP contribution in [0.15, 0.2) is 36.1 Å². The smallest absolute Gasteiger partial charge is 0.338 e. The van der Waals surface area contributed by atoms with Gasteiger partial charge in [0, 0.05) is 6.26 Å². The molecule has 9 heteroatoms. The number of aliphatic hydroxyl groups excluding tert-OH is 1. The average Bonchev–Trinajstić information content (AvgIpc) is 2.58. The summed E-state index contributed by atoms with van der Waals surface area (Å²) in [6.45, 7) is 5.40. The van der Waals surface area contributed by atoms with Crippen LogP contribution in [0.25, 0.3) is 0 Å². The Hall–Kier alpha value is -2.52. The SMILES string of the molecule is CON(Cc1ccc(C(=O)OC(C)(C)C)cc1)C(=O)/C=C(\O)C(=O)NSC. The molecule has 1 aromatic rings. The van der Waals surface area contributed by atoms with Crippen molar-refractivity contribution >= 4 is 29.7 Å². The average molecular weight is 396 g/mol. The number of amides is 2. The summed E-state index contributed by atoms with van der Waals surface area (Å²) in [5.41, 5.74) is 0.473. The van der Waals surface area contributed by atoms with E-state index >= 15 is 0 Å². The molecule has 0 spiro atoms. The molecular formula is C18H24N2O6S. The van der Waals surface area contributed by atoms with E-state index in [0.717, 1.165) is 23.1 Å². The van der Waals surface area contributed by atoms with Crippen molar-refractivity contribution in [1.82, 2.24) is 9.79 Å². The van der Waals surface area contributed by atoms with Crippen molar-refractivity contribution in [2.45, 2.75) is 32.9 Å². The number of benzene rings is 1. The van der Waals surface area contributed by atoms with Crippen LogP contribution in [-0.4, -0.2) is 46.9 Å². The number of carbonyl (C=O) groups excluding carboxylic acids is 3. The monoisotopic (exact) mass is 396 g/mol. The van der Waals surface area contributed by atoms with Gasteiger partial charge in [0.25, 0.3) is 11.8 Å². The molecule has 0 saturated heterocycles. The highest BCUT2D eigenvalue weighted by Gasteiger charge is 2.19. The van der Waals surface area contributed by atoms with Gasteiger partial charge in [0.2, 0.25) is 0 Å². The summed E-state index contributed by atoms with van der Waals surface area (Å²) in [7, 11) is 1.29. The molecule has 0 atom stereocenters. The van der Waals surface area contributed by atoms with E-state index in [-0.39, 0.29) is 6.54 Å². The van der Waals surface area contributed by atoms with Gasteiger partial charge < -0.3 is 9.84 Å². The molecule has 0 unspecified atom stereocenters. The van der Waals surface area contributed by atoms with Gasteiger partial charge >= 0.3 is 5.97 Å². The van der Waals surface area contributed by atoms with Crippen molar-refractivity contribution in [3.05, 3.63) is 47.2 Å². The van der Waals surface area contributed by atoms with Crippen molar-refractivity contribution in [2.24, 2.45) is 0 Å². The topological polar surface area (TPSA) is 105 Å². The second-order valence-electron chi connectivity index (χ2n) is 6.42. The Morgan fingerprint density at radius 2 is 1.81 bits per heavy atom. The maximum Gasteiger partial charge on any atom is 0.338 e. The minimum absolute atomic E-state index is 0.0534. The third kappa shape index (κ3) is 7.71. The van der Waals surface area contributed by atoms with Gasteiger partial charge in [-0.1, -0.05) is 24.1 Å². The number of esters is 1. The Morgan fingerprint density at radius 1 is 1.22 bits per heavy atom. The lowest BCUT2D eigenvalue weighted by Crippen LogP contribution is -2.29. The molecule has 0 bridgehead atoms. The number of nitrogens with one attached hydrogen (secondary N) is 1. The lowest BCUT2D eigenvalue weighted by molar-refractivity contribution is -0.173. The molecule has 0 radical (unpaired) electrons. The number of carbonyl (C=O) groups is 3. The second kappa shape index (κ2) is 9.98. The number of hydrogen-bond acceptors (Lipinski definition) is 7. The number of aliphatic hydroxyl groups is 1. The van der Waals surface area contributed by atoms with Crippen LogP contribution in [0.5, 0.6) is 0 Å². The van der Waals surface area contributed by atoms with Gasteiger partial charge in [-0.3, -0.25) is 19.1 Å². The quantitative estimate of drug-likeness (QED) is 0.240. The van der Waals surface area contributed by atoms with Gasteiger partial charge in [0.05, 0.1) is 25.3 Å². The van der Waals surface area contributed by atoms with Crippen LogP contribution < -0.4 is 4.72 Å². The van der Waals surface area contributed by atoms with Crippen LogP contribution in [0, 0.1) is 0 Å². The van der Waals surface area contributed by atoms with Gasteiger partial charge in [-0.25, -0.2) is 9.86 Å². The predicted molar refractivity (Wildman–Crippen MR) is 102 cm³/mol. The summed E-state index contributed by atoms with van der Waals surface area (Å²) >= 11 is 0.994. The van der Waals surface area contributed by atoms with Crippen LogP contribution in [0.2, 0.25) is 0 Å². The van der Waals surface area contributed by atoms with Crippen LogP contribution in [0.4, 0.5) is 0 Å². The van der Waals surface area contributed by atoms with Crippen LogP contribution in [0.3, 0.4) is 0 Å². The van der Waals surface area contributed by atoms with Gasteiger partial charge in [0.15, 0.2) is 5.76 Å². The maximum atomic E-state index is 12.1. The van der Waals surface area contributed by atoms with E-state index in [0.29, 0.717) is 11.1 Å². The van der Waals surface area contributed by atoms with Gasteiger partial charge in [0.1, 0.15) is 5.60 Å². The molecule has 0 fully saturated rings. The number of hydrogen-bond donors (Lipinski definition) is 2. The van der Waals surface area contributed by atoms with E-state index in [1.54, 1.807) is 51.3 Å². The van der Waals surface area contributed by atoms with Gasteiger partial charge in [-0.2, -0.15) is 0 Å². The molecule has 0 heterocycles. The molecule has 8 nitrogen and oxygen atoms in total. The Bertz CT molecular complexity index is 710. The van der Waals surface area contributed by atoms with E-state index in [2.05, 4.69) is 4.72 Å². The Labute approximate surface area is 162 Å². The maximum absolute atomic E-state index is 12.1. The summed E-state index contributed by atoms with van der Waals surface area (Å²) < 4.78 is 7.58. The van der Waals surface area contributed by atoms with E-state index in [1.165, 1.54) is 7.11 Å². The van der Waals surface area contributed by atoms with Gasteiger partial charge in [-0.15, -0.1) is 0 Å². The molecule has 0 aliphatic heterocycles. The number of nitrogens with zero attached hydrogens (tertiary/aromatic N) is 1. The first-order valence-corrected chi connectivity index (χ1v) is 9.21. The molecule has 2 amide bonds.